The maximum Gasteiger partial charge on any atom is 0.191 e. The summed E-state index contributed by atoms with van der Waals surface area (Å²) in [4.78, 5) is 12.5. The normalized spacial score (nSPS) is 16.1. The highest BCUT2D eigenvalue weighted by molar-refractivity contribution is 14.0. The molecule has 1 aromatic carbocycles. The van der Waals surface area contributed by atoms with Crippen LogP contribution in [0.5, 0.6) is 0 Å². The number of aliphatic imine (C=N–C) groups is 1. The Morgan fingerprint density at radius 3 is 2.70 bits per heavy atom. The summed E-state index contributed by atoms with van der Waals surface area (Å²) in [6.45, 7) is 8.60. The summed E-state index contributed by atoms with van der Waals surface area (Å²) >= 11 is 1.74. The number of benzene rings is 1. The topological polar surface area (TPSA) is 61.8 Å². The first-order valence-electron chi connectivity index (χ1n) is 10.0. The third-order valence-electron chi connectivity index (χ3n) is 5.11. The standard InChI is InChI=1S/C21H30FN5OS.HI/c1-15-16(2)29-20(26-15)7-8-24-21(23-3)25-14-19(27-9-11-28-12-10-27)17-5-4-6-18(22)13-17;/h4-6,13,19H,7-12,14H2,1-3H3,(H2,23,24,25);1H. The van der Waals surface area contributed by atoms with Gasteiger partial charge in [0.25, 0.3) is 0 Å². The molecule has 0 bridgehead atoms. The quantitative estimate of drug-likeness (QED) is 0.317. The monoisotopic (exact) mass is 547 g/mol. The second-order valence-electron chi connectivity index (χ2n) is 7.10. The summed E-state index contributed by atoms with van der Waals surface area (Å²) in [7, 11) is 1.76. The van der Waals surface area contributed by atoms with Gasteiger partial charge in [-0.05, 0) is 31.5 Å². The van der Waals surface area contributed by atoms with E-state index in [-0.39, 0.29) is 35.8 Å². The number of guanidine groups is 1. The second kappa shape index (κ2) is 12.5. The van der Waals surface area contributed by atoms with Gasteiger partial charge in [0.1, 0.15) is 5.82 Å². The molecule has 1 aliphatic rings. The van der Waals surface area contributed by atoms with Gasteiger partial charge in [-0.25, -0.2) is 9.37 Å². The number of nitrogens with one attached hydrogen (secondary N) is 2. The summed E-state index contributed by atoms with van der Waals surface area (Å²) in [6.07, 6.45) is 0.858. The summed E-state index contributed by atoms with van der Waals surface area (Å²) < 4.78 is 19.3. The number of halogens is 2. The first-order valence-corrected chi connectivity index (χ1v) is 10.8. The lowest BCUT2D eigenvalue weighted by atomic mass is 10.0. The van der Waals surface area contributed by atoms with Gasteiger partial charge >= 0.3 is 0 Å². The maximum atomic E-state index is 13.8. The highest BCUT2D eigenvalue weighted by atomic mass is 127. The smallest absolute Gasteiger partial charge is 0.191 e. The molecule has 1 saturated heterocycles. The molecular formula is C21H31FIN5OS. The molecule has 3 rings (SSSR count). The van der Waals surface area contributed by atoms with Crippen molar-refractivity contribution < 1.29 is 9.13 Å². The number of rotatable bonds is 7. The zero-order valence-corrected chi connectivity index (χ0v) is 20.9. The molecule has 0 radical (unpaired) electrons. The van der Waals surface area contributed by atoms with E-state index in [2.05, 4.69) is 32.4 Å². The van der Waals surface area contributed by atoms with Crippen LogP contribution < -0.4 is 10.6 Å². The lowest BCUT2D eigenvalue weighted by molar-refractivity contribution is 0.0169. The van der Waals surface area contributed by atoms with Gasteiger partial charge in [-0.15, -0.1) is 35.3 Å². The van der Waals surface area contributed by atoms with Crippen molar-refractivity contribution in [1.82, 2.24) is 20.5 Å². The van der Waals surface area contributed by atoms with Crippen LogP contribution in [0.25, 0.3) is 0 Å². The molecule has 0 aliphatic carbocycles. The van der Waals surface area contributed by atoms with Crippen LogP contribution in [0.2, 0.25) is 0 Å². The molecule has 0 saturated carbocycles. The van der Waals surface area contributed by atoms with E-state index >= 15 is 0 Å². The average Bonchev–Trinajstić information content (AvgIpc) is 3.05. The minimum absolute atomic E-state index is 0. The van der Waals surface area contributed by atoms with Crippen molar-refractivity contribution in [3.05, 3.63) is 51.2 Å². The van der Waals surface area contributed by atoms with E-state index in [4.69, 9.17) is 4.74 Å². The molecule has 9 heteroatoms. The number of nitrogens with zero attached hydrogens (tertiary/aromatic N) is 3. The number of hydrogen-bond donors (Lipinski definition) is 2. The third-order valence-corrected chi connectivity index (χ3v) is 6.24. The van der Waals surface area contributed by atoms with Gasteiger partial charge in [0.2, 0.25) is 0 Å². The Hall–Kier alpha value is -1.30. The number of thiazole rings is 1. The minimum atomic E-state index is -0.211. The number of aromatic nitrogens is 1. The lowest BCUT2D eigenvalue weighted by Crippen LogP contribution is -2.46. The number of aryl methyl sites for hydroxylation is 2. The van der Waals surface area contributed by atoms with Gasteiger partial charge in [-0.3, -0.25) is 9.89 Å². The summed E-state index contributed by atoms with van der Waals surface area (Å²) in [5, 5.41) is 7.89. The van der Waals surface area contributed by atoms with E-state index in [1.54, 1.807) is 30.5 Å². The van der Waals surface area contributed by atoms with E-state index in [1.807, 2.05) is 13.0 Å². The largest absolute Gasteiger partial charge is 0.379 e. The van der Waals surface area contributed by atoms with Crippen LogP contribution in [0.3, 0.4) is 0 Å². The molecular weight excluding hydrogens is 516 g/mol. The Balaban J connectivity index is 0.00000320. The van der Waals surface area contributed by atoms with E-state index in [0.717, 1.165) is 48.3 Å². The molecule has 1 fully saturated rings. The van der Waals surface area contributed by atoms with Crippen LogP contribution in [0.1, 0.15) is 27.2 Å². The fraction of sp³-hybridized carbons (Fsp3) is 0.524. The number of ether oxygens (including phenoxy) is 1. The average molecular weight is 547 g/mol. The zero-order chi connectivity index (χ0) is 20.6. The predicted molar refractivity (Wildman–Crippen MR) is 132 cm³/mol. The molecule has 166 valence electrons. The van der Waals surface area contributed by atoms with Gasteiger partial charge in [0.15, 0.2) is 5.96 Å². The van der Waals surface area contributed by atoms with Gasteiger partial charge in [-0.2, -0.15) is 0 Å². The maximum absolute atomic E-state index is 13.8. The van der Waals surface area contributed by atoms with Crippen LogP contribution >= 0.6 is 35.3 Å². The van der Waals surface area contributed by atoms with Gasteiger partial charge < -0.3 is 15.4 Å². The Labute approximate surface area is 199 Å². The highest BCUT2D eigenvalue weighted by Gasteiger charge is 2.23. The van der Waals surface area contributed by atoms with Gasteiger partial charge in [0.05, 0.1) is 30.0 Å². The van der Waals surface area contributed by atoms with Crippen molar-refractivity contribution in [2.24, 2.45) is 4.99 Å². The van der Waals surface area contributed by atoms with Gasteiger partial charge in [-0.1, -0.05) is 12.1 Å². The first-order chi connectivity index (χ1) is 14.1. The van der Waals surface area contributed by atoms with E-state index in [9.17, 15) is 4.39 Å². The Morgan fingerprint density at radius 1 is 1.30 bits per heavy atom. The molecule has 2 aromatic rings. The van der Waals surface area contributed by atoms with Crippen LogP contribution in [0.15, 0.2) is 29.3 Å². The first kappa shape index (κ1) is 25.0. The van der Waals surface area contributed by atoms with Crippen LogP contribution in [0, 0.1) is 19.7 Å². The molecule has 6 nitrogen and oxygen atoms in total. The van der Waals surface area contributed by atoms with Crippen molar-refractivity contribution >= 4 is 41.3 Å². The van der Waals surface area contributed by atoms with Crippen LogP contribution in [-0.4, -0.2) is 62.3 Å². The fourth-order valence-electron chi connectivity index (χ4n) is 3.41. The molecule has 30 heavy (non-hydrogen) atoms. The molecule has 1 unspecified atom stereocenters. The summed E-state index contributed by atoms with van der Waals surface area (Å²) in [6, 6.07) is 6.90. The van der Waals surface area contributed by atoms with Crippen molar-refractivity contribution in [2.75, 3.05) is 46.4 Å². The molecule has 2 heterocycles. The van der Waals surface area contributed by atoms with Crippen LogP contribution in [0.4, 0.5) is 4.39 Å². The molecule has 0 spiro atoms. The molecule has 1 aliphatic heterocycles. The van der Waals surface area contributed by atoms with E-state index in [0.29, 0.717) is 19.8 Å². The lowest BCUT2D eigenvalue weighted by Gasteiger charge is -2.35. The van der Waals surface area contributed by atoms with Crippen molar-refractivity contribution in [3.63, 3.8) is 0 Å². The predicted octanol–water partition coefficient (Wildman–Crippen LogP) is 3.30. The molecule has 1 aromatic heterocycles. The summed E-state index contributed by atoms with van der Waals surface area (Å²) in [5.74, 6) is 0.530. The Bertz CT molecular complexity index is 806. The van der Waals surface area contributed by atoms with E-state index < -0.39 is 0 Å². The van der Waals surface area contributed by atoms with Crippen LogP contribution in [-0.2, 0) is 11.2 Å². The second-order valence-corrected chi connectivity index (χ2v) is 8.39. The molecule has 0 amide bonds. The third kappa shape index (κ3) is 7.14. The highest BCUT2D eigenvalue weighted by Crippen LogP contribution is 2.22. The van der Waals surface area contributed by atoms with E-state index in [1.165, 1.54) is 10.9 Å². The van der Waals surface area contributed by atoms with Gasteiger partial charge in [0, 0.05) is 44.5 Å². The van der Waals surface area contributed by atoms with Crippen molar-refractivity contribution in [2.45, 2.75) is 26.3 Å². The zero-order valence-electron chi connectivity index (χ0n) is 17.8. The van der Waals surface area contributed by atoms with Crippen molar-refractivity contribution in [1.29, 1.82) is 0 Å². The van der Waals surface area contributed by atoms with Crippen molar-refractivity contribution in [3.8, 4) is 0 Å². The summed E-state index contributed by atoms with van der Waals surface area (Å²) in [5.41, 5.74) is 2.07. The molecule has 2 N–H and O–H groups in total. The molecule has 1 atom stereocenters. The SMILES string of the molecule is CN=C(NCCc1nc(C)c(C)s1)NCC(c1cccc(F)c1)N1CCOCC1.I. The Morgan fingerprint density at radius 2 is 2.07 bits per heavy atom. The minimum Gasteiger partial charge on any atom is -0.379 e. The Kier molecular flexibility index (Phi) is 10.4. The number of morpholine rings is 1. The number of hydrogen-bond acceptors (Lipinski definition) is 5. The fourth-order valence-corrected chi connectivity index (χ4v) is 4.34.